The maximum Gasteiger partial charge on any atom is 0.379 e. The minimum absolute atomic E-state index is 0.129. The van der Waals surface area contributed by atoms with Crippen molar-refractivity contribution in [1.29, 1.82) is 0 Å². The van der Waals surface area contributed by atoms with Crippen LogP contribution in [0.5, 0.6) is 11.5 Å². The summed E-state index contributed by atoms with van der Waals surface area (Å²) < 4.78 is 15.4. The summed E-state index contributed by atoms with van der Waals surface area (Å²) in [7, 11) is 1.60. The summed E-state index contributed by atoms with van der Waals surface area (Å²) in [5.41, 5.74) is 1.50. The topological polar surface area (TPSA) is 90.1 Å². The number of esters is 1. The molecule has 0 bridgehead atoms. The Kier molecular flexibility index (Phi) is 5.67. The number of hydrogen-bond donors (Lipinski definition) is 1. The van der Waals surface area contributed by atoms with Gasteiger partial charge in [0.05, 0.1) is 24.0 Å². The number of carbonyl (C=O) groups excluding carboxylic acids is 2. The number of benzene rings is 2. The van der Waals surface area contributed by atoms with Crippen LogP contribution in [-0.2, 0) is 4.79 Å². The van der Waals surface area contributed by atoms with Crippen molar-refractivity contribution in [2.24, 2.45) is 4.99 Å². The molecule has 1 aliphatic heterocycles. The number of amides is 1. The number of rotatable bonds is 5. The fourth-order valence-electron chi connectivity index (χ4n) is 2.59. The molecule has 2 heterocycles. The van der Waals surface area contributed by atoms with Crippen molar-refractivity contribution in [1.82, 2.24) is 5.32 Å². The Labute approximate surface area is 176 Å². The van der Waals surface area contributed by atoms with E-state index in [4.69, 9.17) is 13.9 Å². The van der Waals surface area contributed by atoms with Crippen LogP contribution in [0.15, 0.2) is 81.2 Å². The molecule has 0 radical (unpaired) electrons. The molecule has 2 aromatic carbocycles. The van der Waals surface area contributed by atoms with Crippen LogP contribution >= 0.6 is 11.8 Å². The number of nitrogens with zero attached hydrogens (tertiary/aromatic N) is 1. The van der Waals surface area contributed by atoms with E-state index in [1.807, 2.05) is 12.1 Å². The van der Waals surface area contributed by atoms with Gasteiger partial charge in [-0.05, 0) is 71.9 Å². The van der Waals surface area contributed by atoms with Crippen LogP contribution in [0.25, 0.3) is 6.08 Å². The van der Waals surface area contributed by atoms with Crippen LogP contribution in [0.4, 0.5) is 5.69 Å². The lowest BCUT2D eigenvalue weighted by molar-refractivity contribution is -0.115. The largest absolute Gasteiger partial charge is 0.497 e. The summed E-state index contributed by atoms with van der Waals surface area (Å²) in [5, 5.41) is 3.25. The number of amidine groups is 1. The second-order valence-corrected chi connectivity index (χ2v) is 7.15. The third-order valence-corrected chi connectivity index (χ3v) is 4.97. The summed E-state index contributed by atoms with van der Waals surface area (Å²) in [4.78, 5) is 29.1. The summed E-state index contributed by atoms with van der Waals surface area (Å²) in [6.07, 6.45) is 3.15. The van der Waals surface area contributed by atoms with E-state index in [2.05, 4.69) is 10.3 Å². The molecule has 1 aliphatic rings. The summed E-state index contributed by atoms with van der Waals surface area (Å²) in [6, 6.07) is 17.2. The quantitative estimate of drug-likeness (QED) is 0.374. The number of carbonyl (C=O) groups is 2. The number of ether oxygens (including phenoxy) is 2. The van der Waals surface area contributed by atoms with Crippen molar-refractivity contribution in [3.05, 3.63) is 83.2 Å². The molecule has 1 saturated heterocycles. The van der Waals surface area contributed by atoms with Gasteiger partial charge in [0.1, 0.15) is 11.5 Å². The van der Waals surface area contributed by atoms with Crippen LogP contribution < -0.4 is 14.8 Å². The van der Waals surface area contributed by atoms with Gasteiger partial charge in [-0.3, -0.25) is 4.79 Å². The molecule has 0 spiro atoms. The number of thioether (sulfide) groups is 1. The van der Waals surface area contributed by atoms with E-state index in [0.717, 1.165) is 11.3 Å². The van der Waals surface area contributed by atoms with Gasteiger partial charge in [0.2, 0.25) is 5.76 Å². The molecule has 8 heteroatoms. The van der Waals surface area contributed by atoms with E-state index in [1.54, 1.807) is 55.7 Å². The third kappa shape index (κ3) is 4.61. The van der Waals surface area contributed by atoms with Crippen molar-refractivity contribution < 1.29 is 23.5 Å². The molecule has 30 heavy (non-hydrogen) atoms. The van der Waals surface area contributed by atoms with Gasteiger partial charge < -0.3 is 19.2 Å². The third-order valence-electron chi connectivity index (χ3n) is 4.06. The highest BCUT2D eigenvalue weighted by Crippen LogP contribution is 2.29. The SMILES string of the molecule is COc1ccc(N=C2NC(=O)/C(=C/c3ccc(OC(=O)c4ccco4)cc3)S2)cc1. The number of hydrogen-bond acceptors (Lipinski definition) is 7. The monoisotopic (exact) mass is 420 g/mol. The minimum Gasteiger partial charge on any atom is -0.497 e. The second-order valence-electron chi connectivity index (χ2n) is 6.12. The lowest BCUT2D eigenvalue weighted by atomic mass is 10.2. The van der Waals surface area contributed by atoms with Gasteiger partial charge in [0, 0.05) is 0 Å². The molecule has 150 valence electrons. The van der Waals surface area contributed by atoms with Gasteiger partial charge in [-0.2, -0.15) is 0 Å². The molecular weight excluding hydrogens is 404 g/mol. The zero-order valence-electron chi connectivity index (χ0n) is 15.8. The fourth-order valence-corrected chi connectivity index (χ4v) is 3.43. The Morgan fingerprint density at radius 2 is 1.80 bits per heavy atom. The minimum atomic E-state index is -0.573. The fraction of sp³-hybridized carbons (Fsp3) is 0.0455. The van der Waals surface area contributed by atoms with Crippen molar-refractivity contribution in [3.63, 3.8) is 0 Å². The molecule has 1 fully saturated rings. The van der Waals surface area contributed by atoms with E-state index in [1.165, 1.54) is 24.1 Å². The lowest BCUT2D eigenvalue weighted by Gasteiger charge is -2.02. The first kappa shape index (κ1) is 19.5. The van der Waals surface area contributed by atoms with Crippen LogP contribution in [0.1, 0.15) is 16.1 Å². The van der Waals surface area contributed by atoms with Crippen LogP contribution in [0, 0.1) is 0 Å². The normalized spacial score (nSPS) is 16.0. The van der Waals surface area contributed by atoms with E-state index >= 15 is 0 Å². The molecule has 1 amide bonds. The Balaban J connectivity index is 1.43. The summed E-state index contributed by atoms with van der Waals surface area (Å²) in [5.74, 6) is 0.450. The number of nitrogens with one attached hydrogen (secondary N) is 1. The summed E-state index contributed by atoms with van der Waals surface area (Å²) >= 11 is 1.25. The van der Waals surface area contributed by atoms with Gasteiger partial charge in [-0.1, -0.05) is 12.1 Å². The molecule has 1 N–H and O–H groups in total. The predicted molar refractivity (Wildman–Crippen MR) is 114 cm³/mol. The Morgan fingerprint density at radius 3 is 2.47 bits per heavy atom. The Hall–Kier alpha value is -3.78. The van der Waals surface area contributed by atoms with Crippen molar-refractivity contribution >= 4 is 40.6 Å². The molecular formula is C22H16N2O5S. The van der Waals surface area contributed by atoms with Crippen LogP contribution in [-0.4, -0.2) is 24.2 Å². The van der Waals surface area contributed by atoms with E-state index < -0.39 is 5.97 Å². The first-order chi connectivity index (χ1) is 14.6. The Morgan fingerprint density at radius 1 is 1.07 bits per heavy atom. The highest BCUT2D eigenvalue weighted by Gasteiger charge is 2.23. The van der Waals surface area contributed by atoms with E-state index in [9.17, 15) is 9.59 Å². The zero-order valence-corrected chi connectivity index (χ0v) is 16.6. The Bertz CT molecular complexity index is 1120. The molecule has 0 saturated carbocycles. The molecule has 1 aromatic heterocycles. The average molecular weight is 420 g/mol. The number of furan rings is 1. The molecule has 4 rings (SSSR count). The van der Waals surface area contributed by atoms with Gasteiger partial charge >= 0.3 is 5.97 Å². The lowest BCUT2D eigenvalue weighted by Crippen LogP contribution is -2.19. The molecule has 7 nitrogen and oxygen atoms in total. The maximum absolute atomic E-state index is 12.2. The molecule has 0 aliphatic carbocycles. The van der Waals surface area contributed by atoms with Gasteiger partial charge in [-0.15, -0.1) is 0 Å². The second kappa shape index (κ2) is 8.71. The molecule has 0 atom stereocenters. The van der Waals surface area contributed by atoms with Gasteiger partial charge in [-0.25, -0.2) is 9.79 Å². The molecule has 0 unspecified atom stereocenters. The van der Waals surface area contributed by atoms with Gasteiger partial charge in [0.25, 0.3) is 5.91 Å². The summed E-state index contributed by atoms with van der Waals surface area (Å²) in [6.45, 7) is 0. The predicted octanol–water partition coefficient (Wildman–Crippen LogP) is 4.40. The first-order valence-electron chi connectivity index (χ1n) is 8.90. The maximum atomic E-state index is 12.2. The van der Waals surface area contributed by atoms with E-state index in [0.29, 0.717) is 21.5 Å². The molecule has 3 aromatic rings. The zero-order chi connectivity index (χ0) is 20.9. The van der Waals surface area contributed by atoms with Crippen LogP contribution in [0.2, 0.25) is 0 Å². The van der Waals surface area contributed by atoms with E-state index in [-0.39, 0.29) is 11.7 Å². The first-order valence-corrected chi connectivity index (χ1v) is 9.72. The number of aliphatic imine (C=N–C) groups is 1. The highest BCUT2D eigenvalue weighted by atomic mass is 32.2. The number of methoxy groups -OCH3 is 1. The van der Waals surface area contributed by atoms with Crippen molar-refractivity contribution in [3.8, 4) is 11.5 Å². The highest BCUT2D eigenvalue weighted by molar-refractivity contribution is 8.18. The van der Waals surface area contributed by atoms with Crippen LogP contribution in [0.3, 0.4) is 0 Å². The van der Waals surface area contributed by atoms with Gasteiger partial charge in [0.15, 0.2) is 5.17 Å². The van der Waals surface area contributed by atoms with Crippen molar-refractivity contribution in [2.75, 3.05) is 7.11 Å². The standard InChI is InChI=1S/C22H16N2O5S/c1-27-16-10-6-15(7-11-16)23-22-24-20(25)19(30-22)13-14-4-8-17(9-5-14)29-21(26)18-3-2-12-28-18/h2-13H,1H3,(H,23,24,25)/b19-13-. The van der Waals surface area contributed by atoms with Crippen molar-refractivity contribution in [2.45, 2.75) is 0 Å². The smallest absolute Gasteiger partial charge is 0.379 e. The average Bonchev–Trinajstić information content (AvgIpc) is 3.41.